The number of fused-ring (bicyclic) bond motifs is 1. The molecule has 1 saturated heterocycles. The molecular weight excluding hydrogens is 605 g/mol. The minimum Gasteiger partial charge on any atom is -0.481 e. The van der Waals surface area contributed by atoms with Gasteiger partial charge in [-0.15, -0.1) is 22.7 Å². The molecule has 4 heterocycles. The molecule has 0 radical (unpaired) electrons. The van der Waals surface area contributed by atoms with Crippen molar-refractivity contribution in [2.75, 3.05) is 24.4 Å². The predicted molar refractivity (Wildman–Crippen MR) is 149 cm³/mol. The van der Waals surface area contributed by atoms with Crippen LogP contribution in [-0.2, 0) is 26.2 Å². The van der Waals surface area contributed by atoms with Crippen LogP contribution in [0, 0.1) is 5.92 Å². The molecule has 1 aromatic carbocycles. The number of hydrogen-bond acceptors (Lipinski definition) is 8. The van der Waals surface area contributed by atoms with Crippen molar-refractivity contribution in [3.05, 3.63) is 52.9 Å². The van der Waals surface area contributed by atoms with Gasteiger partial charge < -0.3 is 15.2 Å². The molecule has 3 N–H and O–H groups in total. The molecule has 0 spiro atoms. The monoisotopic (exact) mass is 630 g/mol. The molecule has 0 saturated carbocycles. The number of carbonyl (C=O) groups is 2. The number of likely N-dealkylation sites (tertiary alicyclic amines) is 1. The zero-order valence-corrected chi connectivity index (χ0v) is 23.9. The number of sulfonamides is 1. The first-order chi connectivity index (χ1) is 19.3. The van der Waals surface area contributed by atoms with Crippen LogP contribution < -0.4 is 4.31 Å². The molecule has 1 atom stereocenters. The van der Waals surface area contributed by atoms with E-state index in [1.165, 1.54) is 15.6 Å². The molecule has 4 aromatic rings. The standard InChI is InChI=1S/C23H24N4O4S3.C2HF3O2/c1-26(34(30,31)20-8-4-10-32-20)19-7-2-5-15-11-18(25-21(15)19)22-24-12-17(33-22)14-27-9-3-6-16(13-27)23(28)29;3-2(4,5)1(6)7/h2,4-5,7-8,10-12,16,25H,3,6,9,13-14H2,1H3,(H,28,29);(H,6,7). The highest BCUT2D eigenvalue weighted by Crippen LogP contribution is 2.35. The average Bonchev–Trinajstić information content (AvgIpc) is 3.69. The minimum absolute atomic E-state index is 0.297. The molecule has 0 aliphatic carbocycles. The Morgan fingerprint density at radius 3 is 2.59 bits per heavy atom. The number of halogens is 3. The fourth-order valence-electron chi connectivity index (χ4n) is 4.32. The van der Waals surface area contributed by atoms with Crippen LogP contribution in [0.4, 0.5) is 18.9 Å². The normalized spacial score (nSPS) is 16.2. The van der Waals surface area contributed by atoms with Crippen LogP contribution in [-0.4, -0.2) is 71.8 Å². The Labute approximate surface area is 240 Å². The third kappa shape index (κ3) is 7.06. The zero-order valence-electron chi connectivity index (χ0n) is 21.5. The number of rotatable bonds is 7. The molecule has 0 amide bonds. The van der Waals surface area contributed by atoms with E-state index in [0.717, 1.165) is 45.9 Å². The van der Waals surface area contributed by atoms with Crippen molar-refractivity contribution in [1.29, 1.82) is 0 Å². The number of aromatic amines is 1. The highest BCUT2D eigenvalue weighted by atomic mass is 32.2. The van der Waals surface area contributed by atoms with Gasteiger partial charge in [0.05, 0.1) is 22.8 Å². The number of aromatic nitrogens is 2. The average molecular weight is 631 g/mol. The number of hydrogen-bond donors (Lipinski definition) is 3. The molecule has 1 aliphatic heterocycles. The summed E-state index contributed by atoms with van der Waals surface area (Å²) in [6, 6.07) is 10.9. The van der Waals surface area contributed by atoms with Crippen LogP contribution in [0.3, 0.4) is 0 Å². The Bertz CT molecular complexity index is 1630. The van der Waals surface area contributed by atoms with Gasteiger partial charge in [-0.25, -0.2) is 18.2 Å². The maximum Gasteiger partial charge on any atom is 0.490 e. The summed E-state index contributed by atoms with van der Waals surface area (Å²) in [6.45, 7) is 2.12. The van der Waals surface area contributed by atoms with Crippen molar-refractivity contribution in [2.45, 2.75) is 29.8 Å². The molecule has 1 unspecified atom stereocenters. The third-order valence-electron chi connectivity index (χ3n) is 6.34. The number of piperidine rings is 1. The van der Waals surface area contributed by atoms with Crippen molar-refractivity contribution in [3.8, 4) is 10.7 Å². The van der Waals surface area contributed by atoms with Gasteiger partial charge in [0.1, 0.15) is 9.22 Å². The van der Waals surface area contributed by atoms with Crippen LogP contribution in [0.5, 0.6) is 0 Å². The van der Waals surface area contributed by atoms with E-state index in [1.807, 2.05) is 24.4 Å². The first-order valence-electron chi connectivity index (χ1n) is 12.1. The number of aliphatic carboxylic acids is 2. The van der Waals surface area contributed by atoms with Crippen LogP contribution in [0.2, 0.25) is 0 Å². The van der Waals surface area contributed by atoms with E-state index < -0.39 is 28.1 Å². The number of nitrogens with one attached hydrogen (secondary N) is 1. The minimum atomic E-state index is -5.08. The molecule has 5 rings (SSSR count). The number of thiazole rings is 1. The number of H-pyrrole nitrogens is 1. The second-order valence-corrected chi connectivity index (χ2v) is 13.4. The number of benzene rings is 1. The van der Waals surface area contributed by atoms with Crippen LogP contribution in [0.1, 0.15) is 17.7 Å². The fraction of sp³-hybridized carbons (Fsp3) is 0.320. The summed E-state index contributed by atoms with van der Waals surface area (Å²) in [7, 11) is -2.08. The predicted octanol–water partition coefficient (Wildman–Crippen LogP) is 5.11. The van der Waals surface area contributed by atoms with Gasteiger partial charge in [-0.1, -0.05) is 18.2 Å². The lowest BCUT2D eigenvalue weighted by Gasteiger charge is -2.29. The smallest absolute Gasteiger partial charge is 0.481 e. The first kappa shape index (κ1) is 30.5. The molecule has 0 bridgehead atoms. The number of thiophene rings is 1. The van der Waals surface area contributed by atoms with Crippen molar-refractivity contribution in [1.82, 2.24) is 14.9 Å². The van der Waals surface area contributed by atoms with Gasteiger partial charge >= 0.3 is 18.1 Å². The number of alkyl halides is 3. The lowest BCUT2D eigenvalue weighted by molar-refractivity contribution is -0.192. The number of anilines is 1. The largest absolute Gasteiger partial charge is 0.490 e. The summed E-state index contributed by atoms with van der Waals surface area (Å²) in [6.07, 6.45) is -1.63. The Morgan fingerprint density at radius 1 is 1.22 bits per heavy atom. The molecule has 1 aliphatic rings. The SMILES string of the molecule is CN(c1cccc2cc(-c3ncc(CN4CCCC(C(=O)O)C4)s3)[nH]c12)S(=O)(=O)c1cccs1.O=C(O)C(F)(F)F. The molecule has 1 fully saturated rings. The van der Waals surface area contributed by atoms with Crippen molar-refractivity contribution < 1.29 is 41.4 Å². The van der Waals surface area contributed by atoms with E-state index in [4.69, 9.17) is 9.90 Å². The molecule has 16 heteroatoms. The van der Waals surface area contributed by atoms with E-state index in [-0.39, 0.29) is 5.92 Å². The van der Waals surface area contributed by atoms with Crippen molar-refractivity contribution >= 4 is 61.2 Å². The summed E-state index contributed by atoms with van der Waals surface area (Å²) >= 11 is 2.75. The first-order valence-corrected chi connectivity index (χ1v) is 15.3. The Morgan fingerprint density at radius 2 is 1.95 bits per heavy atom. The third-order valence-corrected chi connectivity index (χ3v) is 10.5. The lowest BCUT2D eigenvalue weighted by atomic mass is 9.98. The van der Waals surface area contributed by atoms with Crippen LogP contribution >= 0.6 is 22.7 Å². The van der Waals surface area contributed by atoms with Gasteiger partial charge in [-0.3, -0.25) is 14.0 Å². The summed E-state index contributed by atoms with van der Waals surface area (Å²) in [5.41, 5.74) is 2.13. The van der Waals surface area contributed by atoms with Crippen LogP contribution in [0.15, 0.2) is 52.2 Å². The van der Waals surface area contributed by atoms with Crippen molar-refractivity contribution in [2.24, 2.45) is 5.92 Å². The maximum absolute atomic E-state index is 13.0. The number of nitrogens with zero attached hydrogens (tertiary/aromatic N) is 3. The van der Waals surface area contributed by atoms with E-state index in [0.29, 0.717) is 23.0 Å². The Hall–Kier alpha value is -3.47. The number of carboxylic acids is 2. The quantitative estimate of drug-likeness (QED) is 0.256. The van der Waals surface area contributed by atoms with Gasteiger partial charge in [0.15, 0.2) is 0 Å². The summed E-state index contributed by atoms with van der Waals surface area (Å²) in [4.78, 5) is 31.4. The summed E-state index contributed by atoms with van der Waals surface area (Å²) < 4.78 is 59.4. The van der Waals surface area contributed by atoms with E-state index in [1.54, 1.807) is 42.0 Å². The molecule has 10 nitrogen and oxygen atoms in total. The Balaban J connectivity index is 0.000000493. The maximum atomic E-state index is 13.0. The van der Waals surface area contributed by atoms with Crippen molar-refractivity contribution in [3.63, 3.8) is 0 Å². The number of carboxylic acid groups (broad SMARTS) is 2. The van der Waals surface area contributed by atoms with Gasteiger partial charge in [-0.2, -0.15) is 13.2 Å². The fourth-order valence-corrected chi connectivity index (χ4v) is 7.61. The second kappa shape index (κ2) is 12.2. The van der Waals surface area contributed by atoms with E-state index in [9.17, 15) is 31.5 Å². The molecule has 3 aromatic heterocycles. The lowest BCUT2D eigenvalue weighted by Crippen LogP contribution is -2.37. The Kier molecular flexibility index (Phi) is 9.06. The summed E-state index contributed by atoms with van der Waals surface area (Å²) in [5.74, 6) is -3.79. The summed E-state index contributed by atoms with van der Waals surface area (Å²) in [5, 5.41) is 19.9. The van der Waals surface area contributed by atoms with Gasteiger partial charge in [0.2, 0.25) is 0 Å². The number of para-hydroxylation sites is 1. The van der Waals surface area contributed by atoms with Gasteiger partial charge in [0.25, 0.3) is 10.0 Å². The molecule has 220 valence electrons. The highest BCUT2D eigenvalue weighted by molar-refractivity contribution is 7.94. The molecule has 41 heavy (non-hydrogen) atoms. The van der Waals surface area contributed by atoms with E-state index in [2.05, 4.69) is 14.9 Å². The second-order valence-electron chi connectivity index (χ2n) is 9.18. The zero-order chi connectivity index (χ0) is 29.9. The highest BCUT2D eigenvalue weighted by Gasteiger charge is 2.38. The molecular formula is C25H25F3N4O6S3. The topological polar surface area (TPSA) is 144 Å². The van der Waals surface area contributed by atoms with Gasteiger partial charge in [-0.05, 0) is 43.0 Å². The van der Waals surface area contributed by atoms with E-state index >= 15 is 0 Å². The van der Waals surface area contributed by atoms with Crippen LogP contribution in [0.25, 0.3) is 21.6 Å². The van der Waals surface area contributed by atoms with Gasteiger partial charge in [0, 0.05) is 36.6 Å².